The normalized spacial score (nSPS) is 18.0. The Morgan fingerprint density at radius 3 is 2.14 bits per heavy atom. The van der Waals surface area contributed by atoms with E-state index in [4.69, 9.17) is 9.47 Å². The zero-order chi connectivity index (χ0) is 24.7. The van der Waals surface area contributed by atoms with Gasteiger partial charge in [-0.25, -0.2) is 4.79 Å². The SMILES string of the molecule is CCCC=C[C@H]1CC[C@H](c2ccc(OC(=O)c3ccc(OCCCCCCCC)cc3)cc2)CC1. The molecule has 3 rings (SSSR count). The average molecular weight is 477 g/mol. The Morgan fingerprint density at radius 2 is 1.46 bits per heavy atom. The minimum atomic E-state index is -0.334. The van der Waals surface area contributed by atoms with Gasteiger partial charge in [-0.2, -0.15) is 0 Å². The van der Waals surface area contributed by atoms with Crippen molar-refractivity contribution in [3.05, 3.63) is 71.8 Å². The molecule has 0 unspecified atom stereocenters. The highest BCUT2D eigenvalue weighted by Gasteiger charge is 2.21. The third-order valence-electron chi connectivity index (χ3n) is 7.05. The first kappa shape index (κ1) is 27.0. The van der Waals surface area contributed by atoms with Crippen LogP contribution in [0.5, 0.6) is 11.5 Å². The van der Waals surface area contributed by atoms with Crippen LogP contribution in [0.4, 0.5) is 0 Å². The molecule has 0 aliphatic heterocycles. The van der Waals surface area contributed by atoms with Gasteiger partial charge in [0, 0.05) is 0 Å². The first-order valence-electron chi connectivity index (χ1n) is 13.9. The van der Waals surface area contributed by atoms with Crippen LogP contribution < -0.4 is 9.47 Å². The van der Waals surface area contributed by atoms with Gasteiger partial charge in [0.15, 0.2) is 0 Å². The van der Waals surface area contributed by atoms with E-state index in [1.165, 1.54) is 76.2 Å². The van der Waals surface area contributed by atoms with E-state index in [9.17, 15) is 4.79 Å². The summed E-state index contributed by atoms with van der Waals surface area (Å²) in [5.74, 6) is 2.41. The number of hydrogen-bond acceptors (Lipinski definition) is 3. The molecule has 0 N–H and O–H groups in total. The highest BCUT2D eigenvalue weighted by molar-refractivity contribution is 5.91. The van der Waals surface area contributed by atoms with Crippen molar-refractivity contribution in [1.82, 2.24) is 0 Å². The lowest BCUT2D eigenvalue weighted by Gasteiger charge is -2.27. The zero-order valence-corrected chi connectivity index (χ0v) is 21.8. The molecule has 3 heteroatoms. The Kier molecular flexibility index (Phi) is 11.9. The number of ether oxygens (including phenoxy) is 2. The Labute approximate surface area is 212 Å². The van der Waals surface area contributed by atoms with Crippen LogP contribution >= 0.6 is 0 Å². The van der Waals surface area contributed by atoms with E-state index in [1.807, 2.05) is 24.3 Å². The number of carbonyl (C=O) groups is 1. The lowest BCUT2D eigenvalue weighted by Crippen LogP contribution is -2.12. The molecule has 3 nitrogen and oxygen atoms in total. The lowest BCUT2D eigenvalue weighted by atomic mass is 9.78. The monoisotopic (exact) mass is 476 g/mol. The fourth-order valence-corrected chi connectivity index (χ4v) is 4.83. The Hall–Kier alpha value is -2.55. The smallest absolute Gasteiger partial charge is 0.343 e. The molecule has 1 aliphatic rings. The molecule has 0 aromatic heterocycles. The van der Waals surface area contributed by atoms with Gasteiger partial charge < -0.3 is 9.47 Å². The highest BCUT2D eigenvalue weighted by atomic mass is 16.5. The summed E-state index contributed by atoms with van der Waals surface area (Å²) in [6.07, 6.45) is 19.6. The van der Waals surface area contributed by atoms with Gasteiger partial charge >= 0.3 is 5.97 Å². The van der Waals surface area contributed by atoms with Crippen molar-refractivity contribution in [3.8, 4) is 11.5 Å². The van der Waals surface area contributed by atoms with Gasteiger partial charge in [-0.3, -0.25) is 0 Å². The molecule has 2 aromatic carbocycles. The molecule has 0 spiro atoms. The number of benzene rings is 2. The number of carbonyl (C=O) groups excluding carboxylic acids is 1. The minimum absolute atomic E-state index is 0.334. The Balaban J connectivity index is 1.40. The zero-order valence-electron chi connectivity index (χ0n) is 21.8. The summed E-state index contributed by atoms with van der Waals surface area (Å²) in [5.41, 5.74) is 1.89. The number of hydrogen-bond donors (Lipinski definition) is 0. The van der Waals surface area contributed by atoms with E-state index in [0.717, 1.165) is 24.7 Å². The third-order valence-corrected chi connectivity index (χ3v) is 7.05. The van der Waals surface area contributed by atoms with Crippen molar-refractivity contribution in [2.24, 2.45) is 5.92 Å². The summed E-state index contributed by atoms with van der Waals surface area (Å²) in [4.78, 5) is 12.6. The van der Waals surface area contributed by atoms with Crippen molar-refractivity contribution in [1.29, 1.82) is 0 Å². The second-order valence-electron chi connectivity index (χ2n) is 9.93. The van der Waals surface area contributed by atoms with E-state index < -0.39 is 0 Å². The van der Waals surface area contributed by atoms with Crippen LogP contribution in [0.2, 0.25) is 0 Å². The maximum absolute atomic E-state index is 12.6. The molecule has 1 saturated carbocycles. The van der Waals surface area contributed by atoms with Gasteiger partial charge in [0.25, 0.3) is 0 Å². The van der Waals surface area contributed by atoms with E-state index in [-0.39, 0.29) is 5.97 Å². The quantitative estimate of drug-likeness (QED) is 0.118. The van der Waals surface area contributed by atoms with E-state index in [1.54, 1.807) is 12.1 Å². The molecule has 0 saturated heterocycles. The molecule has 0 bridgehead atoms. The van der Waals surface area contributed by atoms with Crippen molar-refractivity contribution >= 4 is 5.97 Å². The number of unbranched alkanes of at least 4 members (excludes halogenated alkanes) is 6. The molecule has 0 atom stereocenters. The van der Waals surface area contributed by atoms with Crippen molar-refractivity contribution in [3.63, 3.8) is 0 Å². The summed E-state index contributed by atoms with van der Waals surface area (Å²) >= 11 is 0. The van der Waals surface area contributed by atoms with Gasteiger partial charge in [0.2, 0.25) is 0 Å². The van der Waals surface area contributed by atoms with Gasteiger partial charge in [0.1, 0.15) is 11.5 Å². The van der Waals surface area contributed by atoms with Crippen LogP contribution in [0.25, 0.3) is 0 Å². The molecule has 0 radical (unpaired) electrons. The maximum atomic E-state index is 12.6. The van der Waals surface area contributed by atoms with Crippen LogP contribution in [0.1, 0.15) is 113 Å². The first-order valence-corrected chi connectivity index (χ1v) is 13.9. The van der Waals surface area contributed by atoms with E-state index in [0.29, 0.717) is 17.2 Å². The highest BCUT2D eigenvalue weighted by Crippen LogP contribution is 2.37. The molecule has 35 heavy (non-hydrogen) atoms. The van der Waals surface area contributed by atoms with Crippen molar-refractivity contribution in [2.45, 2.75) is 96.8 Å². The van der Waals surface area contributed by atoms with Gasteiger partial charge in [-0.1, -0.05) is 76.7 Å². The molecule has 0 amide bonds. The number of esters is 1. The van der Waals surface area contributed by atoms with E-state index >= 15 is 0 Å². The molecular formula is C32H44O3. The second-order valence-corrected chi connectivity index (χ2v) is 9.93. The van der Waals surface area contributed by atoms with Crippen LogP contribution in [0.15, 0.2) is 60.7 Å². The maximum Gasteiger partial charge on any atom is 0.343 e. The predicted molar refractivity (Wildman–Crippen MR) is 145 cm³/mol. The largest absolute Gasteiger partial charge is 0.494 e. The van der Waals surface area contributed by atoms with Gasteiger partial charge in [-0.05, 0) is 92.3 Å². The number of allylic oxidation sites excluding steroid dienone is 2. The molecule has 1 aliphatic carbocycles. The molecule has 190 valence electrons. The molecule has 0 heterocycles. The summed E-state index contributed by atoms with van der Waals surface area (Å²) in [6, 6.07) is 15.4. The minimum Gasteiger partial charge on any atom is -0.494 e. The van der Waals surface area contributed by atoms with Crippen LogP contribution in [0.3, 0.4) is 0 Å². The third kappa shape index (κ3) is 9.55. The van der Waals surface area contributed by atoms with Crippen LogP contribution in [-0.2, 0) is 0 Å². The second kappa shape index (κ2) is 15.4. The van der Waals surface area contributed by atoms with Gasteiger partial charge in [-0.15, -0.1) is 0 Å². The first-order chi connectivity index (χ1) is 17.2. The lowest BCUT2D eigenvalue weighted by molar-refractivity contribution is 0.0734. The molecule has 1 fully saturated rings. The fourth-order valence-electron chi connectivity index (χ4n) is 4.83. The summed E-state index contributed by atoms with van der Waals surface area (Å²) in [6.45, 7) is 5.18. The van der Waals surface area contributed by atoms with Crippen molar-refractivity contribution < 1.29 is 14.3 Å². The topological polar surface area (TPSA) is 35.5 Å². The van der Waals surface area contributed by atoms with E-state index in [2.05, 4.69) is 38.1 Å². The summed E-state index contributed by atoms with van der Waals surface area (Å²) in [5, 5.41) is 0. The summed E-state index contributed by atoms with van der Waals surface area (Å²) < 4.78 is 11.4. The fraction of sp³-hybridized carbons (Fsp3) is 0.531. The molecular weight excluding hydrogens is 432 g/mol. The van der Waals surface area contributed by atoms with Crippen LogP contribution in [-0.4, -0.2) is 12.6 Å². The standard InChI is InChI=1S/C32H44O3/c1-3-5-7-8-9-11-25-34-30-21-19-29(20-22-30)32(33)35-31-23-17-28(18-24-31)27-15-13-26(14-16-27)12-10-6-4-2/h10,12,17-24,26-27H,3-9,11,13-16,25H2,1-2H3/t26-,27-. The van der Waals surface area contributed by atoms with Gasteiger partial charge in [0.05, 0.1) is 12.2 Å². The Bertz CT molecular complexity index is 874. The van der Waals surface area contributed by atoms with Crippen molar-refractivity contribution in [2.75, 3.05) is 6.61 Å². The number of rotatable bonds is 14. The predicted octanol–water partition coefficient (Wildman–Crippen LogP) is 9.28. The summed E-state index contributed by atoms with van der Waals surface area (Å²) in [7, 11) is 0. The molecule has 2 aromatic rings. The Morgan fingerprint density at radius 1 is 0.800 bits per heavy atom. The average Bonchev–Trinajstić information content (AvgIpc) is 2.89. The van der Waals surface area contributed by atoms with Crippen LogP contribution in [0, 0.1) is 5.92 Å².